The predicted octanol–water partition coefficient (Wildman–Crippen LogP) is 0.303. The molecule has 1 amide bonds. The van der Waals surface area contributed by atoms with Crippen molar-refractivity contribution in [3.8, 4) is 0 Å². The monoisotopic (exact) mass is 155 g/mol. The van der Waals surface area contributed by atoms with E-state index in [1.807, 2.05) is 0 Å². The van der Waals surface area contributed by atoms with Gasteiger partial charge in [0.1, 0.15) is 0 Å². The molecule has 0 aromatic carbocycles. The molecule has 3 nitrogen and oxygen atoms in total. The molecule has 2 aliphatic heterocycles. The average molecular weight is 155 g/mol. The van der Waals surface area contributed by atoms with E-state index in [-0.39, 0.29) is 11.3 Å². The van der Waals surface area contributed by atoms with E-state index in [1.54, 1.807) is 0 Å². The summed E-state index contributed by atoms with van der Waals surface area (Å²) in [6, 6.07) is 0. The molecule has 0 aromatic rings. The van der Waals surface area contributed by atoms with Crippen molar-refractivity contribution in [1.82, 2.24) is 5.32 Å². The third-order valence-electron chi connectivity index (χ3n) is 2.70. The molecule has 0 aliphatic carbocycles. The Labute approximate surface area is 66.1 Å². The van der Waals surface area contributed by atoms with Gasteiger partial charge in [-0.05, 0) is 19.3 Å². The van der Waals surface area contributed by atoms with Crippen molar-refractivity contribution < 1.29 is 9.53 Å². The molecule has 2 heterocycles. The maximum atomic E-state index is 11.4. The first-order valence-electron chi connectivity index (χ1n) is 4.20. The number of hydrogen-bond donors (Lipinski definition) is 1. The Bertz CT molecular complexity index is 173. The van der Waals surface area contributed by atoms with E-state index < -0.39 is 0 Å². The fourth-order valence-corrected chi connectivity index (χ4v) is 1.91. The van der Waals surface area contributed by atoms with Crippen LogP contribution in [-0.2, 0) is 9.53 Å². The van der Waals surface area contributed by atoms with E-state index >= 15 is 0 Å². The van der Waals surface area contributed by atoms with Gasteiger partial charge in [0.2, 0.25) is 5.91 Å². The number of hydrogen-bond acceptors (Lipinski definition) is 2. The summed E-state index contributed by atoms with van der Waals surface area (Å²) in [5.74, 6) is 0.209. The van der Waals surface area contributed by atoms with Crippen LogP contribution in [0.25, 0.3) is 0 Å². The molecular weight excluding hydrogens is 142 g/mol. The second-order valence-electron chi connectivity index (χ2n) is 3.44. The summed E-state index contributed by atoms with van der Waals surface area (Å²) in [5, 5.41) is 2.90. The van der Waals surface area contributed by atoms with Gasteiger partial charge in [-0.1, -0.05) is 0 Å². The molecule has 2 saturated heterocycles. The fourth-order valence-electron chi connectivity index (χ4n) is 1.91. The molecule has 11 heavy (non-hydrogen) atoms. The summed E-state index contributed by atoms with van der Waals surface area (Å²) in [7, 11) is 0. The lowest BCUT2D eigenvalue weighted by Gasteiger charge is -2.30. The quantitative estimate of drug-likeness (QED) is 0.546. The first kappa shape index (κ1) is 7.10. The summed E-state index contributed by atoms with van der Waals surface area (Å²) in [6.45, 7) is 2.24. The number of amides is 1. The topological polar surface area (TPSA) is 38.3 Å². The fraction of sp³-hybridized carbons (Fsp3) is 0.875. The molecule has 2 rings (SSSR count). The number of piperidine rings is 1. The van der Waals surface area contributed by atoms with Crippen LogP contribution in [0.5, 0.6) is 0 Å². The van der Waals surface area contributed by atoms with E-state index in [1.165, 1.54) is 0 Å². The van der Waals surface area contributed by atoms with Gasteiger partial charge in [0.25, 0.3) is 0 Å². The highest BCUT2D eigenvalue weighted by atomic mass is 16.5. The molecule has 1 unspecified atom stereocenters. The summed E-state index contributed by atoms with van der Waals surface area (Å²) in [6.07, 6.45) is 3.03. The molecule has 2 fully saturated rings. The molecule has 0 aromatic heterocycles. The van der Waals surface area contributed by atoms with Crippen LogP contribution in [0.2, 0.25) is 0 Å². The first-order chi connectivity index (χ1) is 5.33. The summed E-state index contributed by atoms with van der Waals surface area (Å²) >= 11 is 0. The van der Waals surface area contributed by atoms with Crippen molar-refractivity contribution in [3.63, 3.8) is 0 Å². The maximum Gasteiger partial charge on any atom is 0.228 e. The Morgan fingerprint density at radius 3 is 3.00 bits per heavy atom. The van der Waals surface area contributed by atoms with E-state index in [4.69, 9.17) is 4.74 Å². The zero-order valence-corrected chi connectivity index (χ0v) is 6.56. The van der Waals surface area contributed by atoms with E-state index in [0.29, 0.717) is 6.61 Å². The Morgan fingerprint density at radius 1 is 1.45 bits per heavy atom. The van der Waals surface area contributed by atoms with Crippen LogP contribution in [-0.4, -0.2) is 25.7 Å². The number of rotatable bonds is 0. The number of nitrogens with one attached hydrogen (secondary N) is 1. The summed E-state index contributed by atoms with van der Waals surface area (Å²) < 4.78 is 5.25. The van der Waals surface area contributed by atoms with Gasteiger partial charge in [0, 0.05) is 13.2 Å². The minimum Gasteiger partial charge on any atom is -0.380 e. The van der Waals surface area contributed by atoms with Gasteiger partial charge < -0.3 is 10.1 Å². The highest BCUT2D eigenvalue weighted by Gasteiger charge is 2.43. The van der Waals surface area contributed by atoms with Crippen molar-refractivity contribution >= 4 is 5.91 Å². The predicted molar refractivity (Wildman–Crippen MR) is 40.1 cm³/mol. The van der Waals surface area contributed by atoms with Gasteiger partial charge in [-0.3, -0.25) is 4.79 Å². The van der Waals surface area contributed by atoms with Gasteiger partial charge in [0.15, 0.2) is 0 Å². The maximum absolute atomic E-state index is 11.4. The third kappa shape index (κ3) is 1.03. The van der Waals surface area contributed by atoms with Crippen LogP contribution in [0.1, 0.15) is 19.3 Å². The standard InChI is InChI=1S/C8H13NO2/c10-7-8(2-1-4-9-7)3-5-11-6-8/h1-6H2,(H,9,10). The lowest BCUT2D eigenvalue weighted by Crippen LogP contribution is -2.46. The van der Waals surface area contributed by atoms with Gasteiger partial charge >= 0.3 is 0 Å². The third-order valence-corrected chi connectivity index (χ3v) is 2.70. The van der Waals surface area contributed by atoms with E-state index in [0.717, 1.165) is 32.4 Å². The van der Waals surface area contributed by atoms with Gasteiger partial charge in [-0.15, -0.1) is 0 Å². The highest BCUT2D eigenvalue weighted by molar-refractivity contribution is 5.83. The zero-order valence-electron chi connectivity index (χ0n) is 6.56. The Balaban J connectivity index is 2.13. The second kappa shape index (κ2) is 2.48. The number of carbonyl (C=O) groups is 1. The minimum absolute atomic E-state index is 0.141. The zero-order chi connectivity index (χ0) is 7.73. The molecule has 1 atom stereocenters. The molecule has 0 radical (unpaired) electrons. The molecule has 1 spiro atoms. The molecule has 3 heteroatoms. The van der Waals surface area contributed by atoms with Crippen molar-refractivity contribution in [2.75, 3.05) is 19.8 Å². The Kier molecular flexibility index (Phi) is 1.60. The van der Waals surface area contributed by atoms with E-state index in [9.17, 15) is 4.79 Å². The van der Waals surface area contributed by atoms with Crippen molar-refractivity contribution in [1.29, 1.82) is 0 Å². The Morgan fingerprint density at radius 2 is 2.36 bits per heavy atom. The summed E-state index contributed by atoms with van der Waals surface area (Å²) in [5.41, 5.74) is -0.141. The molecule has 2 aliphatic rings. The summed E-state index contributed by atoms with van der Waals surface area (Å²) in [4.78, 5) is 11.4. The molecular formula is C8H13NO2. The lowest BCUT2D eigenvalue weighted by molar-refractivity contribution is -0.133. The normalized spacial score (nSPS) is 37.6. The van der Waals surface area contributed by atoms with Crippen LogP contribution >= 0.6 is 0 Å². The van der Waals surface area contributed by atoms with Crippen LogP contribution in [0.3, 0.4) is 0 Å². The average Bonchev–Trinajstić information content (AvgIpc) is 2.46. The Hall–Kier alpha value is -0.570. The number of ether oxygens (including phenoxy) is 1. The van der Waals surface area contributed by atoms with E-state index in [2.05, 4.69) is 5.32 Å². The largest absolute Gasteiger partial charge is 0.380 e. The van der Waals surface area contributed by atoms with Gasteiger partial charge in [-0.25, -0.2) is 0 Å². The smallest absolute Gasteiger partial charge is 0.228 e. The minimum atomic E-state index is -0.141. The molecule has 62 valence electrons. The van der Waals surface area contributed by atoms with Crippen molar-refractivity contribution in [2.24, 2.45) is 5.41 Å². The van der Waals surface area contributed by atoms with Crippen LogP contribution < -0.4 is 5.32 Å². The van der Waals surface area contributed by atoms with Gasteiger partial charge in [-0.2, -0.15) is 0 Å². The lowest BCUT2D eigenvalue weighted by atomic mass is 9.79. The molecule has 0 bridgehead atoms. The van der Waals surface area contributed by atoms with Crippen LogP contribution in [0.15, 0.2) is 0 Å². The van der Waals surface area contributed by atoms with Crippen molar-refractivity contribution in [3.05, 3.63) is 0 Å². The van der Waals surface area contributed by atoms with Crippen LogP contribution in [0.4, 0.5) is 0 Å². The first-order valence-corrected chi connectivity index (χ1v) is 4.20. The number of carbonyl (C=O) groups excluding carboxylic acids is 1. The van der Waals surface area contributed by atoms with Crippen LogP contribution in [0, 0.1) is 5.41 Å². The van der Waals surface area contributed by atoms with Crippen molar-refractivity contribution in [2.45, 2.75) is 19.3 Å². The SMILES string of the molecule is O=C1NCCCC12CCOC2. The highest BCUT2D eigenvalue weighted by Crippen LogP contribution is 2.35. The van der Waals surface area contributed by atoms with Gasteiger partial charge in [0.05, 0.1) is 12.0 Å². The second-order valence-corrected chi connectivity index (χ2v) is 3.44. The molecule has 1 N–H and O–H groups in total. The molecule has 0 saturated carbocycles.